The summed E-state index contributed by atoms with van der Waals surface area (Å²) in [5.74, 6) is 1.07. The highest BCUT2D eigenvalue weighted by molar-refractivity contribution is 5.88. The van der Waals surface area contributed by atoms with Crippen molar-refractivity contribution >= 4 is 11.9 Å². The van der Waals surface area contributed by atoms with Crippen LogP contribution in [0.3, 0.4) is 0 Å². The Morgan fingerprint density at radius 3 is 2.28 bits per heavy atom. The number of unbranched alkanes of at least 4 members (excludes halogenated alkanes) is 1. The Balaban J connectivity index is 1.50. The molecule has 0 aromatic rings. The molecule has 0 radical (unpaired) electrons. The summed E-state index contributed by atoms with van der Waals surface area (Å²) in [6.45, 7) is 24.5. The van der Waals surface area contributed by atoms with Crippen LogP contribution < -0.4 is 5.32 Å². The van der Waals surface area contributed by atoms with E-state index in [-0.39, 0.29) is 51.4 Å². The first-order valence-electron chi connectivity index (χ1n) is 19.0. The largest absolute Gasteiger partial charge is 0.480 e. The van der Waals surface area contributed by atoms with Crippen LogP contribution in [-0.2, 0) is 14.3 Å². The van der Waals surface area contributed by atoms with Crippen LogP contribution in [0.1, 0.15) is 139 Å². The van der Waals surface area contributed by atoms with Gasteiger partial charge in [-0.3, -0.25) is 4.79 Å². The summed E-state index contributed by atoms with van der Waals surface area (Å²) < 4.78 is 6.13. The van der Waals surface area contributed by atoms with Gasteiger partial charge in [-0.1, -0.05) is 68.4 Å². The minimum atomic E-state index is -0.933. The SMILES string of the molecule is C=C(COCCCC)[C@@H]1CC[C@]2(C(=O)N[C@@H](CC(C)C)C(=O)O)CC[C@]3(C)[C@H](CC[C@@H]4[C@@]5(C)CC[C@H](O)C(C)(C)[C@@H]5CC[C@]43C)[C@@H]12. The molecule has 5 aliphatic rings. The lowest BCUT2D eigenvalue weighted by atomic mass is 9.32. The third-order valence-electron chi connectivity index (χ3n) is 15.6. The Hall–Kier alpha value is -1.40. The molecule has 0 aromatic carbocycles. The molecule has 0 unspecified atom stereocenters. The highest BCUT2D eigenvalue weighted by atomic mass is 16.5. The van der Waals surface area contributed by atoms with Crippen molar-refractivity contribution in [3.05, 3.63) is 12.2 Å². The van der Waals surface area contributed by atoms with E-state index in [1.165, 1.54) is 12.8 Å². The van der Waals surface area contributed by atoms with Crippen molar-refractivity contribution in [3.8, 4) is 0 Å². The first-order chi connectivity index (χ1) is 21.5. The Bertz CT molecular complexity index is 1160. The van der Waals surface area contributed by atoms with E-state index in [0.29, 0.717) is 30.8 Å². The minimum Gasteiger partial charge on any atom is -0.480 e. The summed E-state index contributed by atoms with van der Waals surface area (Å²) in [6.07, 6.45) is 12.5. The van der Waals surface area contributed by atoms with Gasteiger partial charge < -0.3 is 20.3 Å². The van der Waals surface area contributed by atoms with Gasteiger partial charge >= 0.3 is 5.97 Å². The summed E-state index contributed by atoms with van der Waals surface area (Å²) in [5, 5.41) is 24.3. The van der Waals surface area contributed by atoms with Gasteiger partial charge in [0.1, 0.15) is 6.04 Å². The van der Waals surface area contributed by atoms with Crippen LogP contribution in [0.5, 0.6) is 0 Å². The van der Waals surface area contributed by atoms with Gasteiger partial charge in [-0.15, -0.1) is 0 Å². The van der Waals surface area contributed by atoms with Crippen LogP contribution in [0.15, 0.2) is 12.2 Å². The number of aliphatic hydroxyl groups excluding tert-OH is 1. The molecule has 5 saturated carbocycles. The molecule has 46 heavy (non-hydrogen) atoms. The van der Waals surface area contributed by atoms with E-state index in [4.69, 9.17) is 4.74 Å². The van der Waals surface area contributed by atoms with E-state index in [1.54, 1.807) is 0 Å². The monoisotopic (exact) mass is 642 g/mol. The topological polar surface area (TPSA) is 95.9 Å². The number of carbonyl (C=O) groups excluding carboxylic acids is 1. The molecular weight excluding hydrogens is 574 g/mol. The fourth-order valence-corrected chi connectivity index (χ4v) is 13.0. The number of nitrogens with one attached hydrogen (secondary N) is 1. The Kier molecular flexibility index (Phi) is 9.99. The fraction of sp³-hybridized carbons (Fsp3) is 0.900. The molecule has 6 nitrogen and oxygen atoms in total. The second kappa shape index (κ2) is 12.8. The summed E-state index contributed by atoms with van der Waals surface area (Å²) in [4.78, 5) is 26.9. The van der Waals surface area contributed by atoms with Gasteiger partial charge in [-0.05, 0) is 140 Å². The van der Waals surface area contributed by atoms with Crippen molar-refractivity contribution < 1.29 is 24.5 Å². The highest BCUT2D eigenvalue weighted by Crippen LogP contribution is 2.77. The highest BCUT2D eigenvalue weighted by Gasteiger charge is 2.72. The average molecular weight is 642 g/mol. The molecule has 262 valence electrons. The van der Waals surface area contributed by atoms with E-state index in [9.17, 15) is 19.8 Å². The number of amides is 1. The molecular formula is C40H67NO5. The standard InChI is InChI=1S/C40H67NO5/c1-10-11-22-46-24-26(4)27-14-19-40(35(45)41-29(34(43)44)23-25(2)3)21-20-38(8)28(33(27)40)12-13-31-37(7)17-16-32(42)36(5,6)30(37)15-18-39(31,38)9/h25,27-33,42H,4,10-24H2,1-3,5-9H3,(H,41,45)(H,43,44)/t27-,28+,29-,30-,31+,32-,33+,37-,38+,39+,40-/m0/s1. The number of carbonyl (C=O) groups is 2. The summed E-state index contributed by atoms with van der Waals surface area (Å²) in [6, 6.07) is -0.857. The van der Waals surface area contributed by atoms with E-state index >= 15 is 0 Å². The smallest absolute Gasteiger partial charge is 0.326 e. The molecule has 6 heteroatoms. The molecule has 0 spiro atoms. The lowest BCUT2D eigenvalue weighted by Gasteiger charge is -2.72. The molecule has 0 heterocycles. The lowest BCUT2D eigenvalue weighted by molar-refractivity contribution is -0.246. The van der Waals surface area contributed by atoms with Crippen LogP contribution in [0, 0.1) is 62.6 Å². The van der Waals surface area contributed by atoms with E-state index in [2.05, 4.69) is 53.4 Å². The maximum Gasteiger partial charge on any atom is 0.326 e. The second-order valence-corrected chi connectivity index (χ2v) is 18.4. The van der Waals surface area contributed by atoms with Crippen molar-refractivity contribution in [2.75, 3.05) is 13.2 Å². The van der Waals surface area contributed by atoms with Crippen LogP contribution in [0.25, 0.3) is 0 Å². The number of fused-ring (bicyclic) bond motifs is 7. The summed E-state index contributed by atoms with van der Waals surface area (Å²) in [5.41, 5.74) is 0.918. The lowest BCUT2D eigenvalue weighted by Crippen LogP contribution is -2.67. The Morgan fingerprint density at radius 2 is 1.63 bits per heavy atom. The van der Waals surface area contributed by atoms with Crippen molar-refractivity contribution in [3.63, 3.8) is 0 Å². The van der Waals surface area contributed by atoms with Crippen LogP contribution in [0.4, 0.5) is 0 Å². The molecule has 0 aliphatic heterocycles. The molecule has 3 N–H and O–H groups in total. The maximum atomic E-state index is 14.6. The molecule has 5 fully saturated rings. The number of hydrogen-bond acceptors (Lipinski definition) is 4. The number of ether oxygens (including phenoxy) is 1. The van der Waals surface area contributed by atoms with Gasteiger partial charge in [0, 0.05) is 6.61 Å². The first-order valence-corrected chi connectivity index (χ1v) is 19.0. The molecule has 0 bridgehead atoms. The zero-order chi connectivity index (χ0) is 33.9. The van der Waals surface area contributed by atoms with Crippen molar-refractivity contribution in [2.45, 2.75) is 151 Å². The van der Waals surface area contributed by atoms with Gasteiger partial charge in [0.2, 0.25) is 5.91 Å². The predicted molar refractivity (Wildman–Crippen MR) is 184 cm³/mol. The Labute approximate surface area is 280 Å². The first kappa shape index (κ1) is 35.9. The van der Waals surface area contributed by atoms with Crippen LogP contribution >= 0.6 is 0 Å². The zero-order valence-corrected chi connectivity index (χ0v) is 30.6. The average Bonchev–Trinajstić information content (AvgIpc) is 3.38. The van der Waals surface area contributed by atoms with Gasteiger partial charge in [-0.25, -0.2) is 4.79 Å². The summed E-state index contributed by atoms with van der Waals surface area (Å²) in [7, 11) is 0. The molecule has 1 amide bonds. The fourth-order valence-electron chi connectivity index (χ4n) is 13.0. The van der Waals surface area contributed by atoms with Crippen LogP contribution in [0.2, 0.25) is 0 Å². The quantitative estimate of drug-likeness (QED) is 0.156. The molecule has 11 atom stereocenters. The number of aliphatic hydroxyl groups is 1. The third-order valence-corrected chi connectivity index (χ3v) is 15.6. The summed E-state index contributed by atoms with van der Waals surface area (Å²) >= 11 is 0. The van der Waals surface area contributed by atoms with Crippen molar-refractivity contribution in [2.24, 2.45) is 62.6 Å². The van der Waals surface area contributed by atoms with E-state index in [1.807, 2.05) is 13.8 Å². The van der Waals surface area contributed by atoms with Gasteiger partial charge in [-0.2, -0.15) is 0 Å². The van der Waals surface area contributed by atoms with E-state index < -0.39 is 17.4 Å². The van der Waals surface area contributed by atoms with Gasteiger partial charge in [0.15, 0.2) is 0 Å². The third kappa shape index (κ3) is 5.52. The number of rotatable bonds is 11. The molecule has 5 rings (SSSR count). The Morgan fingerprint density at radius 1 is 0.913 bits per heavy atom. The predicted octanol–water partition coefficient (Wildman–Crippen LogP) is 8.42. The minimum absolute atomic E-state index is 0.0271. The maximum absolute atomic E-state index is 14.6. The van der Waals surface area contributed by atoms with Gasteiger partial charge in [0.25, 0.3) is 0 Å². The normalized spacial score (nSPS) is 43.5. The van der Waals surface area contributed by atoms with Crippen LogP contribution in [-0.4, -0.2) is 47.4 Å². The van der Waals surface area contributed by atoms with Crippen molar-refractivity contribution in [1.29, 1.82) is 0 Å². The number of aliphatic carboxylic acids is 1. The number of carboxylic acid groups (broad SMARTS) is 1. The number of hydrogen-bond donors (Lipinski definition) is 3. The zero-order valence-electron chi connectivity index (χ0n) is 30.6. The molecule has 0 saturated heterocycles. The molecule has 5 aliphatic carbocycles. The number of carboxylic acids is 1. The van der Waals surface area contributed by atoms with Gasteiger partial charge in [0.05, 0.1) is 18.1 Å². The van der Waals surface area contributed by atoms with E-state index in [0.717, 1.165) is 76.4 Å². The second-order valence-electron chi connectivity index (χ2n) is 18.4. The molecule has 0 aromatic heterocycles. The van der Waals surface area contributed by atoms with Crippen molar-refractivity contribution in [1.82, 2.24) is 5.32 Å².